The van der Waals surface area contributed by atoms with Crippen LogP contribution in [0, 0.1) is 0 Å². The van der Waals surface area contributed by atoms with Crippen molar-refractivity contribution in [1.82, 2.24) is 4.31 Å². The first kappa shape index (κ1) is 16.9. The van der Waals surface area contributed by atoms with Crippen molar-refractivity contribution in [1.29, 1.82) is 0 Å². The normalized spacial score (nSPS) is 11.8. The van der Waals surface area contributed by atoms with E-state index in [1.54, 1.807) is 25.3 Å². The molecule has 1 aromatic carbocycles. The van der Waals surface area contributed by atoms with Gasteiger partial charge < -0.3 is 5.73 Å². The number of hydrogen-bond acceptors (Lipinski definition) is 3. The number of benzene rings is 1. The smallest absolute Gasteiger partial charge is 0.242 e. The van der Waals surface area contributed by atoms with Gasteiger partial charge in [-0.05, 0) is 42.5 Å². The highest BCUT2D eigenvalue weighted by Gasteiger charge is 2.20. The summed E-state index contributed by atoms with van der Waals surface area (Å²) in [6.45, 7) is 6.51. The van der Waals surface area contributed by atoms with Gasteiger partial charge in [-0.1, -0.05) is 19.1 Å². The lowest BCUT2D eigenvalue weighted by atomic mass is 10.1. The zero-order chi connectivity index (χ0) is 15.2. The molecule has 0 heterocycles. The Bertz CT molecular complexity index is 553. The second-order valence-corrected chi connectivity index (χ2v) is 6.79. The van der Waals surface area contributed by atoms with E-state index in [9.17, 15) is 8.42 Å². The molecule has 112 valence electrons. The van der Waals surface area contributed by atoms with E-state index in [0.717, 1.165) is 30.4 Å². The Kier molecular flexibility index (Phi) is 6.39. The maximum Gasteiger partial charge on any atom is 0.242 e. The molecule has 4 nitrogen and oxygen atoms in total. The average Bonchev–Trinajstić information content (AvgIpc) is 2.46. The molecule has 0 atom stereocenters. The van der Waals surface area contributed by atoms with Crippen molar-refractivity contribution in [2.45, 2.75) is 37.6 Å². The molecule has 0 saturated carbocycles. The Morgan fingerprint density at radius 3 is 2.60 bits per heavy atom. The lowest BCUT2D eigenvalue weighted by molar-refractivity contribution is 0.462. The molecule has 0 fully saturated rings. The van der Waals surface area contributed by atoms with Gasteiger partial charge in [-0.2, -0.15) is 0 Å². The van der Waals surface area contributed by atoms with Gasteiger partial charge in [0.25, 0.3) is 0 Å². The van der Waals surface area contributed by atoms with Crippen LogP contribution in [0.25, 0.3) is 0 Å². The van der Waals surface area contributed by atoms with Crippen LogP contribution in [0.4, 0.5) is 0 Å². The van der Waals surface area contributed by atoms with Crippen LogP contribution < -0.4 is 5.73 Å². The first-order chi connectivity index (χ1) is 9.47. The SMILES string of the molecule is C=CCCCN(C)S(=O)(=O)c1ccc(CC)c(CN)c1. The van der Waals surface area contributed by atoms with E-state index in [1.807, 2.05) is 13.0 Å². The van der Waals surface area contributed by atoms with E-state index in [0.29, 0.717) is 18.0 Å². The highest BCUT2D eigenvalue weighted by atomic mass is 32.2. The van der Waals surface area contributed by atoms with Crippen LogP contribution in [-0.2, 0) is 23.0 Å². The molecule has 2 N–H and O–H groups in total. The summed E-state index contributed by atoms with van der Waals surface area (Å²) < 4.78 is 26.3. The number of sulfonamides is 1. The Morgan fingerprint density at radius 2 is 2.05 bits per heavy atom. The fourth-order valence-corrected chi connectivity index (χ4v) is 3.32. The van der Waals surface area contributed by atoms with Crippen LogP contribution in [0.2, 0.25) is 0 Å². The summed E-state index contributed by atoms with van der Waals surface area (Å²) in [6, 6.07) is 5.21. The summed E-state index contributed by atoms with van der Waals surface area (Å²) in [6.07, 6.45) is 4.23. The van der Waals surface area contributed by atoms with Crippen molar-refractivity contribution in [3.05, 3.63) is 42.0 Å². The fraction of sp³-hybridized carbons (Fsp3) is 0.467. The molecule has 0 aliphatic rings. The number of nitrogens with two attached hydrogens (primary N) is 1. The minimum absolute atomic E-state index is 0.316. The van der Waals surface area contributed by atoms with Crippen molar-refractivity contribution in [2.24, 2.45) is 5.73 Å². The second kappa shape index (κ2) is 7.57. The van der Waals surface area contributed by atoms with E-state index in [2.05, 4.69) is 6.58 Å². The predicted octanol–water partition coefficient (Wildman–Crippen LogP) is 2.29. The lowest BCUT2D eigenvalue weighted by Crippen LogP contribution is -2.28. The largest absolute Gasteiger partial charge is 0.326 e. The molecular weight excluding hydrogens is 272 g/mol. The fourth-order valence-electron chi connectivity index (χ4n) is 2.06. The first-order valence-corrected chi connectivity index (χ1v) is 8.30. The third-order valence-corrected chi connectivity index (χ3v) is 5.22. The Balaban J connectivity index is 3.00. The van der Waals surface area contributed by atoms with Gasteiger partial charge in [0.1, 0.15) is 0 Å². The van der Waals surface area contributed by atoms with Crippen LogP contribution in [0.3, 0.4) is 0 Å². The molecule has 0 spiro atoms. The van der Waals surface area contributed by atoms with E-state index in [4.69, 9.17) is 5.73 Å². The summed E-state index contributed by atoms with van der Waals surface area (Å²) in [4.78, 5) is 0.316. The van der Waals surface area contributed by atoms with Gasteiger partial charge in [-0.3, -0.25) is 0 Å². The van der Waals surface area contributed by atoms with Gasteiger partial charge in [0.15, 0.2) is 0 Å². The van der Waals surface area contributed by atoms with Crippen LogP contribution in [0.5, 0.6) is 0 Å². The Labute approximate surface area is 122 Å². The zero-order valence-corrected chi connectivity index (χ0v) is 13.1. The summed E-state index contributed by atoms with van der Waals surface area (Å²) >= 11 is 0. The topological polar surface area (TPSA) is 63.4 Å². The van der Waals surface area contributed by atoms with Crippen molar-refractivity contribution in [3.63, 3.8) is 0 Å². The molecule has 0 aromatic heterocycles. The average molecular weight is 296 g/mol. The van der Waals surface area contributed by atoms with Crippen molar-refractivity contribution in [3.8, 4) is 0 Å². The molecule has 20 heavy (non-hydrogen) atoms. The Morgan fingerprint density at radius 1 is 1.35 bits per heavy atom. The van der Waals surface area contributed by atoms with E-state index >= 15 is 0 Å². The van der Waals surface area contributed by atoms with Crippen LogP contribution in [0.1, 0.15) is 30.9 Å². The van der Waals surface area contributed by atoms with Crippen LogP contribution in [-0.4, -0.2) is 26.3 Å². The summed E-state index contributed by atoms with van der Waals surface area (Å²) in [7, 11) is -1.83. The monoisotopic (exact) mass is 296 g/mol. The van der Waals surface area contributed by atoms with Gasteiger partial charge >= 0.3 is 0 Å². The second-order valence-electron chi connectivity index (χ2n) is 4.75. The third kappa shape index (κ3) is 3.91. The number of aryl methyl sites for hydroxylation is 1. The molecule has 0 saturated heterocycles. The molecule has 0 bridgehead atoms. The summed E-state index contributed by atoms with van der Waals surface area (Å²) in [5.74, 6) is 0. The number of hydrogen-bond donors (Lipinski definition) is 1. The minimum atomic E-state index is -3.43. The number of unbranched alkanes of at least 4 members (excludes halogenated alkanes) is 1. The van der Waals surface area contributed by atoms with Crippen LogP contribution in [0.15, 0.2) is 35.7 Å². The van der Waals surface area contributed by atoms with E-state index in [-0.39, 0.29) is 0 Å². The predicted molar refractivity (Wildman–Crippen MR) is 83.0 cm³/mol. The minimum Gasteiger partial charge on any atom is -0.326 e. The molecule has 0 radical (unpaired) electrons. The van der Waals surface area contributed by atoms with Crippen molar-refractivity contribution < 1.29 is 8.42 Å². The molecule has 5 heteroatoms. The number of rotatable bonds is 8. The zero-order valence-electron chi connectivity index (χ0n) is 12.3. The first-order valence-electron chi connectivity index (χ1n) is 6.86. The molecule has 0 aliphatic carbocycles. The number of nitrogens with zero attached hydrogens (tertiary/aromatic N) is 1. The van der Waals surface area contributed by atoms with Crippen molar-refractivity contribution >= 4 is 10.0 Å². The van der Waals surface area contributed by atoms with Gasteiger partial charge in [-0.15, -0.1) is 6.58 Å². The van der Waals surface area contributed by atoms with Crippen molar-refractivity contribution in [2.75, 3.05) is 13.6 Å². The maximum absolute atomic E-state index is 12.5. The molecule has 0 aliphatic heterocycles. The highest BCUT2D eigenvalue weighted by molar-refractivity contribution is 7.89. The molecule has 1 aromatic rings. The van der Waals surface area contributed by atoms with Gasteiger partial charge in [0, 0.05) is 20.1 Å². The lowest BCUT2D eigenvalue weighted by Gasteiger charge is -2.18. The molecular formula is C15H24N2O2S. The van der Waals surface area contributed by atoms with Gasteiger partial charge in [0.2, 0.25) is 10.0 Å². The highest BCUT2D eigenvalue weighted by Crippen LogP contribution is 2.19. The maximum atomic E-state index is 12.5. The van der Waals surface area contributed by atoms with E-state index < -0.39 is 10.0 Å². The standard InChI is InChI=1S/C15H24N2O2S/c1-4-6-7-10-17(3)20(18,19)15-9-8-13(5-2)14(11-15)12-16/h4,8-9,11H,1,5-7,10,12,16H2,2-3H3. The molecule has 1 rings (SSSR count). The number of allylic oxidation sites excluding steroid dienone is 1. The Hall–Kier alpha value is -1.17. The van der Waals surface area contributed by atoms with E-state index in [1.165, 1.54) is 4.31 Å². The van der Waals surface area contributed by atoms with Gasteiger partial charge in [-0.25, -0.2) is 12.7 Å². The molecule has 0 unspecified atom stereocenters. The van der Waals surface area contributed by atoms with Crippen LogP contribution >= 0.6 is 0 Å². The molecule has 0 amide bonds. The third-order valence-electron chi connectivity index (χ3n) is 3.37. The quantitative estimate of drug-likeness (QED) is 0.591. The summed E-state index contributed by atoms with van der Waals surface area (Å²) in [5, 5.41) is 0. The summed E-state index contributed by atoms with van der Waals surface area (Å²) in [5.41, 5.74) is 7.69. The van der Waals surface area contributed by atoms with Gasteiger partial charge in [0.05, 0.1) is 4.90 Å².